The maximum absolute atomic E-state index is 11.4. The van der Waals surface area contributed by atoms with Gasteiger partial charge in [-0.3, -0.25) is 25.6 Å². The molecule has 0 aromatic heterocycles. The van der Waals surface area contributed by atoms with Gasteiger partial charge in [0.25, 0.3) is 0 Å². The number of aliphatic hydroxyl groups excluding tert-OH is 6. The van der Waals surface area contributed by atoms with Gasteiger partial charge in [-0.05, 0) is 113 Å². The third-order valence-electron chi connectivity index (χ3n) is 12.5. The van der Waals surface area contributed by atoms with E-state index in [1.807, 2.05) is 111 Å². The number of benzene rings is 2. The summed E-state index contributed by atoms with van der Waals surface area (Å²) in [6.45, 7) is 5.78. The Morgan fingerprint density at radius 2 is 1.17 bits per heavy atom. The molecule has 75 heavy (non-hydrogen) atoms. The lowest BCUT2D eigenvalue weighted by atomic mass is 9.89. The summed E-state index contributed by atoms with van der Waals surface area (Å²) in [5.74, 6) is -2.47. The molecule has 17 nitrogen and oxygen atoms in total. The first kappa shape index (κ1) is 67.7. The molecule has 11 atom stereocenters. The van der Waals surface area contributed by atoms with E-state index in [-0.39, 0.29) is 42.0 Å². The smallest absolute Gasteiger partial charge is 0.338 e. The normalized spacial score (nSPS) is 22.3. The van der Waals surface area contributed by atoms with Gasteiger partial charge in [-0.25, -0.2) is 0 Å². The number of nitrogens with two attached hydrogens (primary N) is 3. The molecule has 2 aromatic carbocycles. The SMILES string of the molecule is CCN.CCNC(=O)CCC/C=C\C[C@@H]1[C@@H](/C=C/[C@@H](O)CCc2ccccc2)[C@H](O)C[C@@H]1O.NC(N)=[NH+]CCC[C@H]([NH3+])C(=O)[O-].O=C([O-])CCC/C=C\C[C@@H]1[C@@H](/C=C/[C@@H](O)CCc2ccccc2)[C@H](O)C[C@@H]1O.[2H]CF. The number of carboxylic acids is 2. The molecule has 0 unspecified atom stereocenters. The second-order valence-corrected chi connectivity index (χ2v) is 18.6. The van der Waals surface area contributed by atoms with Crippen LogP contribution in [0.25, 0.3) is 0 Å². The number of rotatable bonds is 28. The Labute approximate surface area is 446 Å². The average Bonchev–Trinajstić information content (AvgIpc) is 3.82. The first-order chi connectivity index (χ1) is 36.3. The van der Waals surface area contributed by atoms with E-state index in [2.05, 4.69) is 16.0 Å². The van der Waals surface area contributed by atoms with Crippen LogP contribution in [0.2, 0.25) is 0 Å². The molecular weight excluding hydrogens is 964 g/mol. The molecule has 2 aliphatic rings. The fourth-order valence-corrected chi connectivity index (χ4v) is 8.51. The molecule has 424 valence electrons. The highest BCUT2D eigenvalue weighted by Crippen LogP contribution is 2.37. The van der Waals surface area contributed by atoms with Gasteiger partial charge in [0.1, 0.15) is 6.04 Å². The van der Waals surface area contributed by atoms with Crippen LogP contribution >= 0.6 is 0 Å². The first-order valence-corrected chi connectivity index (χ1v) is 26.4. The van der Waals surface area contributed by atoms with E-state index in [0.717, 1.165) is 32.2 Å². The van der Waals surface area contributed by atoms with Crippen molar-refractivity contribution < 1.29 is 71.7 Å². The van der Waals surface area contributed by atoms with Crippen molar-refractivity contribution in [2.75, 3.05) is 26.8 Å². The highest BCUT2D eigenvalue weighted by molar-refractivity contribution is 5.75. The van der Waals surface area contributed by atoms with Gasteiger partial charge < -0.3 is 67.2 Å². The molecule has 1 amide bonds. The van der Waals surface area contributed by atoms with E-state index in [9.17, 15) is 59.6 Å². The minimum Gasteiger partial charge on any atom is -0.550 e. The van der Waals surface area contributed by atoms with Crippen LogP contribution in [-0.2, 0) is 27.2 Å². The number of guanidine groups is 1. The summed E-state index contributed by atoms with van der Waals surface area (Å²) in [7, 11) is -1.00. The molecule has 0 radical (unpaired) electrons. The van der Waals surface area contributed by atoms with Crippen molar-refractivity contribution in [1.29, 1.82) is 0 Å². The number of aliphatic hydroxyl groups is 6. The summed E-state index contributed by atoms with van der Waals surface area (Å²) in [5, 5.41) is 85.1. The highest BCUT2D eigenvalue weighted by Gasteiger charge is 2.40. The predicted octanol–water partition coefficient (Wildman–Crippen LogP) is -0.0607. The molecule has 0 aliphatic heterocycles. The fraction of sp³-hybridized carbons (Fsp3) is 0.579. The summed E-state index contributed by atoms with van der Waals surface area (Å²) >= 11 is 0. The van der Waals surface area contributed by atoms with Gasteiger partial charge in [0.05, 0.1) is 57.7 Å². The van der Waals surface area contributed by atoms with Crippen molar-refractivity contribution in [3.8, 4) is 0 Å². The lowest BCUT2D eigenvalue weighted by molar-refractivity contribution is -0.466. The van der Waals surface area contributed by atoms with E-state index in [1.54, 1.807) is 12.2 Å². The van der Waals surface area contributed by atoms with Crippen molar-refractivity contribution in [1.82, 2.24) is 5.32 Å². The van der Waals surface area contributed by atoms with E-state index < -0.39 is 61.8 Å². The second kappa shape index (κ2) is 43.9. The Balaban J connectivity index is 0.00000113. The van der Waals surface area contributed by atoms with Gasteiger partial charge in [-0.2, -0.15) is 0 Å². The number of unbranched alkanes of at least 4 members (excludes halogenated alkanes) is 2. The molecule has 0 spiro atoms. The number of hydrogen-bond acceptors (Lipinski definition) is 12. The fourth-order valence-electron chi connectivity index (χ4n) is 8.51. The lowest BCUT2D eigenvalue weighted by Gasteiger charge is -2.19. The first-order valence-electron chi connectivity index (χ1n) is 27.1. The summed E-state index contributed by atoms with van der Waals surface area (Å²) in [4.78, 5) is 34.7. The third-order valence-corrected chi connectivity index (χ3v) is 12.5. The lowest BCUT2D eigenvalue weighted by Crippen LogP contribution is -2.78. The summed E-state index contributed by atoms with van der Waals surface area (Å²) < 4.78 is 15.5. The van der Waals surface area contributed by atoms with Gasteiger partial charge in [0, 0.05) is 50.0 Å². The quantitative estimate of drug-likeness (QED) is 0.0230. The summed E-state index contributed by atoms with van der Waals surface area (Å²) in [5.41, 5.74) is 20.8. The Morgan fingerprint density at radius 3 is 1.56 bits per heavy atom. The van der Waals surface area contributed by atoms with Crippen LogP contribution < -0.4 is 43.5 Å². The third kappa shape index (κ3) is 34.1. The Hall–Kier alpha value is -5.31. The van der Waals surface area contributed by atoms with Gasteiger partial charge in [-0.15, -0.1) is 0 Å². The van der Waals surface area contributed by atoms with Crippen LogP contribution in [0.1, 0.15) is 116 Å². The Morgan fingerprint density at radius 1 is 0.747 bits per heavy atom. The number of aliphatic carboxylic acids is 2. The number of carbonyl (C=O) groups is 3. The number of nitrogens with one attached hydrogen (secondary N) is 2. The van der Waals surface area contributed by atoms with Crippen LogP contribution in [0.15, 0.2) is 109 Å². The molecule has 17 N–H and O–H groups in total. The van der Waals surface area contributed by atoms with Crippen LogP contribution in [0.4, 0.5) is 4.39 Å². The molecule has 0 heterocycles. The molecular formula is C57H93FN6O11. The summed E-state index contributed by atoms with van der Waals surface area (Å²) in [6, 6.07) is 19.4. The van der Waals surface area contributed by atoms with E-state index >= 15 is 0 Å². The number of quaternary nitrogens is 1. The molecule has 0 bridgehead atoms. The van der Waals surface area contributed by atoms with Crippen LogP contribution in [0.5, 0.6) is 0 Å². The zero-order valence-corrected chi connectivity index (χ0v) is 44.4. The van der Waals surface area contributed by atoms with Gasteiger partial charge in [-0.1, -0.05) is 116 Å². The van der Waals surface area contributed by atoms with Gasteiger partial charge in [0.15, 0.2) is 0 Å². The standard InChI is InChI=1S/C25H37NO4.C23H32O5.C6H14N4O2.C2H7N.CH3F/c1-2-26-25(30)13-9-4-3-8-12-21-22(24(29)18-23(21)28)17-16-20(27)15-14-19-10-6-5-7-11-19;24-18(13-12-17-8-4-3-5-9-17)14-15-20-19(21(25)16-22(20)26)10-6-1-2-7-11-23(27)28;7-4(5(11)12)2-1-3-10-6(8)9;1-2-3;1-2/h3,5-8,10-11,16-17,20-24,27-29H,2,4,9,12-15,18H2,1H3,(H,26,30);1,3-6,8-9,14-15,18-22,24-26H,2,7,10-13,16H2,(H,27,28);4H,1-3,7H2,(H,11,12)(H4,8,9,10);2-3H2,1H3;1H3/b8-3-,17-16+;6-1-,15-14+;;;/t20-,21+,22+,23-,24+;18-,19+,20+,21-,22+;4-;;/m000../s1/i;;;;1D. The van der Waals surface area contributed by atoms with E-state index in [0.29, 0.717) is 83.7 Å². The minimum atomic E-state index is -1.13. The van der Waals surface area contributed by atoms with E-state index in [4.69, 9.17) is 18.6 Å². The predicted molar refractivity (Wildman–Crippen MR) is 288 cm³/mol. The number of carbonyl (C=O) groups excluding carboxylic acids is 3. The largest absolute Gasteiger partial charge is 0.550 e. The zero-order valence-electron chi connectivity index (χ0n) is 45.4. The van der Waals surface area contributed by atoms with Crippen molar-refractivity contribution in [2.45, 2.75) is 159 Å². The summed E-state index contributed by atoms with van der Waals surface area (Å²) in [6.07, 6.45) is 20.9. The Bertz CT molecular complexity index is 1940. The zero-order chi connectivity index (χ0) is 57.1. The van der Waals surface area contributed by atoms with Crippen molar-refractivity contribution in [3.05, 3.63) is 120 Å². The molecule has 18 heteroatoms. The molecule has 2 saturated carbocycles. The molecule has 2 fully saturated rings. The number of hydrogen-bond donors (Lipinski definition) is 12. The van der Waals surface area contributed by atoms with Crippen LogP contribution in [0, 0.1) is 23.7 Å². The second-order valence-electron chi connectivity index (χ2n) is 18.6. The van der Waals surface area contributed by atoms with Crippen molar-refractivity contribution >= 4 is 23.8 Å². The number of alkyl halides is 1. The van der Waals surface area contributed by atoms with Crippen LogP contribution in [0.3, 0.4) is 0 Å². The highest BCUT2D eigenvalue weighted by atomic mass is 19.1. The van der Waals surface area contributed by atoms with Gasteiger partial charge in [0.2, 0.25) is 5.91 Å². The number of allylic oxidation sites excluding steroid dienone is 4. The monoisotopic (exact) mass is 1060 g/mol. The van der Waals surface area contributed by atoms with E-state index in [1.165, 1.54) is 11.1 Å². The number of halogens is 1. The van der Waals surface area contributed by atoms with Crippen LogP contribution in [-0.4, -0.2) is 124 Å². The maximum Gasteiger partial charge on any atom is 0.338 e. The number of carboxylic acid groups (broad SMARTS) is 2. The van der Waals surface area contributed by atoms with Crippen molar-refractivity contribution in [3.63, 3.8) is 0 Å². The topological polar surface area (TPSA) is 350 Å². The molecule has 2 aromatic rings. The van der Waals surface area contributed by atoms with Gasteiger partial charge >= 0.3 is 5.96 Å². The number of aryl methyl sites for hydroxylation is 2. The minimum absolute atomic E-state index is 0.0430. The molecule has 2 aliphatic carbocycles. The Kier molecular flexibility index (Phi) is 39.6. The molecule has 4 rings (SSSR count). The van der Waals surface area contributed by atoms with Crippen molar-refractivity contribution in [2.24, 2.45) is 40.9 Å². The maximum atomic E-state index is 11.4. The number of amides is 1. The molecule has 0 saturated heterocycles. The average molecular weight is 1060 g/mol.